The summed E-state index contributed by atoms with van der Waals surface area (Å²) in [5.74, 6) is 0. The highest BCUT2D eigenvalue weighted by Crippen LogP contribution is 2.32. The molecule has 0 unspecified atom stereocenters. The topological polar surface area (TPSA) is 52.2 Å². The Morgan fingerprint density at radius 3 is 2.68 bits per heavy atom. The highest BCUT2D eigenvalue weighted by Gasteiger charge is 2.30. The minimum atomic E-state index is -4.48. The third-order valence-electron chi connectivity index (χ3n) is 4.89. The van der Waals surface area contributed by atoms with Gasteiger partial charge in [-0.2, -0.15) is 18.3 Å². The normalized spacial score (nSPS) is 13.0. The number of nitrogens with zero attached hydrogens (tertiary/aromatic N) is 4. The van der Waals surface area contributed by atoms with Gasteiger partial charge in [0.2, 0.25) is 0 Å². The zero-order valence-corrected chi connectivity index (χ0v) is 17.4. The Kier molecular flexibility index (Phi) is 4.42. The summed E-state index contributed by atoms with van der Waals surface area (Å²) in [6.07, 6.45) is -2.88. The lowest BCUT2D eigenvalue weighted by atomic mass is 10.2. The third-order valence-corrected chi connectivity index (χ3v) is 6.22. The van der Waals surface area contributed by atoms with Crippen molar-refractivity contribution in [2.24, 2.45) is 0 Å². The molecule has 31 heavy (non-hydrogen) atoms. The third kappa shape index (κ3) is 3.21. The number of hydrogen-bond acceptors (Lipinski definition) is 4. The molecule has 0 aliphatic rings. The van der Waals surface area contributed by atoms with Crippen LogP contribution in [0.15, 0.2) is 53.3 Å². The Hall–Kier alpha value is -3.17. The van der Waals surface area contributed by atoms with Gasteiger partial charge in [0.1, 0.15) is 5.15 Å². The van der Waals surface area contributed by atoms with Crippen LogP contribution >= 0.6 is 22.9 Å². The van der Waals surface area contributed by atoms with Crippen LogP contribution in [0.25, 0.3) is 27.8 Å². The molecule has 0 saturated carbocycles. The lowest BCUT2D eigenvalue weighted by Gasteiger charge is -2.09. The second-order valence-corrected chi connectivity index (χ2v) is 8.25. The molecular weight excluding hydrogens is 449 g/mol. The summed E-state index contributed by atoms with van der Waals surface area (Å²) in [5.41, 5.74) is 1.52. The van der Waals surface area contributed by atoms with E-state index in [1.54, 1.807) is 13.0 Å². The van der Waals surface area contributed by atoms with Crippen molar-refractivity contribution in [2.45, 2.75) is 13.1 Å². The first-order chi connectivity index (χ1) is 14.7. The molecule has 5 aromatic rings. The number of halogens is 4. The lowest BCUT2D eigenvalue weighted by molar-refractivity contribution is -0.137. The number of imidazole rings is 1. The Labute approximate surface area is 181 Å². The fourth-order valence-electron chi connectivity index (χ4n) is 3.40. The van der Waals surface area contributed by atoms with E-state index >= 15 is 0 Å². The van der Waals surface area contributed by atoms with Gasteiger partial charge in [0.05, 0.1) is 32.5 Å². The summed E-state index contributed by atoms with van der Waals surface area (Å²) in [6.45, 7) is 1.68. The minimum Gasteiger partial charge on any atom is -0.267 e. The van der Waals surface area contributed by atoms with Crippen LogP contribution in [0, 0.1) is 6.92 Å². The number of hydrogen-bond donors (Lipinski definition) is 0. The van der Waals surface area contributed by atoms with Crippen molar-refractivity contribution in [3.63, 3.8) is 0 Å². The quantitative estimate of drug-likeness (QED) is 0.386. The second-order valence-electron chi connectivity index (χ2n) is 6.88. The highest BCUT2D eigenvalue weighted by molar-refractivity contribution is 7.15. The van der Waals surface area contributed by atoms with Gasteiger partial charge in [-0.15, -0.1) is 0 Å². The molecule has 5 nitrogen and oxygen atoms in total. The molecule has 3 heterocycles. The van der Waals surface area contributed by atoms with Crippen LogP contribution in [0.4, 0.5) is 13.2 Å². The number of fused-ring (bicyclic) bond motifs is 3. The van der Waals surface area contributed by atoms with Gasteiger partial charge in [-0.05, 0) is 43.3 Å². The van der Waals surface area contributed by atoms with Gasteiger partial charge in [-0.1, -0.05) is 41.1 Å². The molecule has 0 saturated heterocycles. The standard InChI is InChI=1S/C21H12ClF3N4OS/c1-11-14(18(22)29(27-11)13-6-4-5-12(9-13)21(23,24)25)10-17-19(30)28-16-8-3-2-7-15(16)26-20(28)31-17/h2-10H,1H3. The first-order valence-electron chi connectivity index (χ1n) is 9.08. The van der Waals surface area contributed by atoms with E-state index in [1.807, 2.05) is 24.3 Å². The molecule has 5 rings (SSSR count). The largest absolute Gasteiger partial charge is 0.416 e. The molecule has 0 aliphatic heterocycles. The predicted molar refractivity (Wildman–Crippen MR) is 114 cm³/mol. The maximum Gasteiger partial charge on any atom is 0.416 e. The molecule has 10 heteroatoms. The van der Waals surface area contributed by atoms with Crippen molar-refractivity contribution in [3.05, 3.63) is 85.4 Å². The number of aryl methyl sites for hydroxylation is 1. The van der Waals surface area contributed by atoms with E-state index in [9.17, 15) is 18.0 Å². The summed E-state index contributed by atoms with van der Waals surface area (Å²) >= 11 is 7.68. The molecule has 0 spiro atoms. The smallest absolute Gasteiger partial charge is 0.267 e. The number of benzene rings is 2. The first-order valence-corrected chi connectivity index (χ1v) is 10.3. The number of para-hydroxylation sites is 2. The van der Waals surface area contributed by atoms with E-state index in [1.165, 1.54) is 32.6 Å². The molecule has 0 amide bonds. The molecule has 156 valence electrons. The van der Waals surface area contributed by atoms with E-state index in [0.29, 0.717) is 26.3 Å². The van der Waals surface area contributed by atoms with Gasteiger partial charge in [0, 0.05) is 5.56 Å². The number of alkyl halides is 3. The average molecular weight is 461 g/mol. The van der Waals surface area contributed by atoms with Crippen LogP contribution in [-0.2, 0) is 6.18 Å². The van der Waals surface area contributed by atoms with Crippen LogP contribution in [0.1, 0.15) is 16.8 Å². The molecule has 2 aromatic carbocycles. The van der Waals surface area contributed by atoms with Crippen LogP contribution in [-0.4, -0.2) is 19.2 Å². The van der Waals surface area contributed by atoms with E-state index in [-0.39, 0.29) is 16.4 Å². The van der Waals surface area contributed by atoms with E-state index in [2.05, 4.69) is 10.1 Å². The number of thiazole rings is 1. The van der Waals surface area contributed by atoms with Crippen molar-refractivity contribution >= 4 is 45.0 Å². The van der Waals surface area contributed by atoms with Crippen molar-refractivity contribution in [2.75, 3.05) is 0 Å². The Bertz CT molecular complexity index is 1580. The van der Waals surface area contributed by atoms with Crippen molar-refractivity contribution in [3.8, 4) is 5.69 Å². The summed E-state index contributed by atoms with van der Waals surface area (Å²) in [6, 6.07) is 12.1. The maximum absolute atomic E-state index is 13.1. The lowest BCUT2D eigenvalue weighted by Crippen LogP contribution is -2.22. The second kappa shape index (κ2) is 6.93. The summed E-state index contributed by atoms with van der Waals surface area (Å²) < 4.78 is 42.4. The molecule has 0 bridgehead atoms. The van der Waals surface area contributed by atoms with Gasteiger partial charge in [-0.25, -0.2) is 14.1 Å². The molecule has 0 atom stereocenters. The fourth-order valence-corrected chi connectivity index (χ4v) is 4.70. The average Bonchev–Trinajstić information content (AvgIpc) is 3.34. The Balaban J connectivity index is 1.67. The first kappa shape index (κ1) is 19.8. The van der Waals surface area contributed by atoms with Gasteiger partial charge in [0.25, 0.3) is 5.56 Å². The zero-order chi connectivity index (χ0) is 21.9. The van der Waals surface area contributed by atoms with Crippen molar-refractivity contribution in [1.82, 2.24) is 19.2 Å². The van der Waals surface area contributed by atoms with E-state index in [4.69, 9.17) is 11.6 Å². The molecular formula is C21H12ClF3N4OS. The van der Waals surface area contributed by atoms with Crippen LogP contribution < -0.4 is 10.1 Å². The van der Waals surface area contributed by atoms with E-state index < -0.39 is 11.7 Å². The summed E-state index contributed by atoms with van der Waals surface area (Å²) in [7, 11) is 0. The van der Waals surface area contributed by atoms with Crippen molar-refractivity contribution < 1.29 is 13.2 Å². The highest BCUT2D eigenvalue weighted by atomic mass is 35.5. The van der Waals surface area contributed by atoms with Gasteiger partial charge < -0.3 is 0 Å². The molecule has 0 aliphatic carbocycles. The Morgan fingerprint density at radius 1 is 1.13 bits per heavy atom. The van der Waals surface area contributed by atoms with Crippen LogP contribution in [0.2, 0.25) is 5.15 Å². The minimum absolute atomic E-state index is 0.118. The predicted octanol–water partition coefficient (Wildman–Crippen LogP) is 4.62. The Morgan fingerprint density at radius 2 is 1.90 bits per heavy atom. The van der Waals surface area contributed by atoms with Gasteiger partial charge in [-0.3, -0.25) is 4.79 Å². The number of rotatable bonds is 2. The van der Waals surface area contributed by atoms with Crippen LogP contribution in [0.5, 0.6) is 0 Å². The molecule has 0 radical (unpaired) electrons. The summed E-state index contributed by atoms with van der Waals surface area (Å²) in [5, 5.41) is 4.40. The van der Waals surface area contributed by atoms with Crippen LogP contribution in [0.3, 0.4) is 0 Å². The number of aromatic nitrogens is 4. The zero-order valence-electron chi connectivity index (χ0n) is 15.8. The van der Waals surface area contributed by atoms with Gasteiger partial charge in [0.15, 0.2) is 4.96 Å². The monoisotopic (exact) mass is 460 g/mol. The SMILES string of the molecule is Cc1nn(-c2cccc(C(F)(F)F)c2)c(Cl)c1C=c1sc2nc3ccccc3n2c1=O. The molecule has 0 N–H and O–H groups in total. The molecule has 3 aromatic heterocycles. The summed E-state index contributed by atoms with van der Waals surface area (Å²) in [4.78, 5) is 18.0. The van der Waals surface area contributed by atoms with E-state index in [0.717, 1.165) is 17.6 Å². The van der Waals surface area contributed by atoms with Crippen molar-refractivity contribution in [1.29, 1.82) is 0 Å². The fraction of sp³-hybridized carbons (Fsp3) is 0.0952. The van der Waals surface area contributed by atoms with Gasteiger partial charge >= 0.3 is 6.18 Å². The maximum atomic E-state index is 13.1. The molecule has 0 fully saturated rings.